The highest BCUT2D eigenvalue weighted by molar-refractivity contribution is 9.10. The second-order valence-corrected chi connectivity index (χ2v) is 3.00. The molecule has 0 aliphatic heterocycles. The smallest absolute Gasteiger partial charge is 0.339 e. The molecule has 0 saturated heterocycles. The Morgan fingerprint density at radius 1 is 1.75 bits per heavy atom. The van der Waals surface area contributed by atoms with Gasteiger partial charge in [-0.3, -0.25) is 0 Å². The quantitative estimate of drug-likeness (QED) is 0.428. The maximum absolute atomic E-state index is 11.0. The van der Waals surface area contributed by atoms with Crippen LogP contribution in [0.15, 0.2) is 22.9 Å². The highest BCUT2D eigenvalue weighted by atomic mass is 79.9. The fourth-order valence-corrected chi connectivity index (χ4v) is 1.29. The Bertz CT molecular complexity index is 314. The van der Waals surface area contributed by atoms with Crippen molar-refractivity contribution in [1.82, 2.24) is 0 Å². The number of hydrogen-bond donors (Lipinski definition) is 1. The number of halogens is 1. The molecule has 4 nitrogen and oxygen atoms in total. The first-order valence-corrected chi connectivity index (χ1v) is 3.98. The van der Waals surface area contributed by atoms with Crippen molar-refractivity contribution in [1.29, 1.82) is 0 Å². The molecule has 1 aromatic rings. The third-order valence-electron chi connectivity index (χ3n) is 1.34. The zero-order chi connectivity index (χ0) is 9.14. The Morgan fingerprint density at radius 2 is 2.42 bits per heavy atom. The number of ether oxygens (including phenoxy) is 1. The molecule has 0 radical (unpaired) electrons. The molecule has 1 heterocycles. The lowest BCUT2D eigenvalue weighted by molar-refractivity contribution is -0.639. The molecule has 2 N–H and O–H groups in total. The van der Waals surface area contributed by atoms with Crippen LogP contribution in [0.25, 0.3) is 0 Å². The summed E-state index contributed by atoms with van der Waals surface area (Å²) >= 11 is 3.19. The van der Waals surface area contributed by atoms with Crippen LogP contribution in [0.3, 0.4) is 0 Å². The van der Waals surface area contributed by atoms with Gasteiger partial charge in [-0.05, 0) is 15.9 Å². The van der Waals surface area contributed by atoms with Crippen LogP contribution in [0.4, 0.5) is 0 Å². The predicted molar refractivity (Wildman–Crippen MR) is 45.8 cm³/mol. The number of aromatic nitrogens is 1. The molecule has 0 spiro atoms. The Balaban J connectivity index is 3.09. The summed E-state index contributed by atoms with van der Waals surface area (Å²) in [6.45, 7) is 0. The van der Waals surface area contributed by atoms with Gasteiger partial charge in [0.2, 0.25) is 6.20 Å². The molecule has 0 aromatic carbocycles. The van der Waals surface area contributed by atoms with Crippen LogP contribution < -0.4 is 10.5 Å². The van der Waals surface area contributed by atoms with Gasteiger partial charge in [-0.2, -0.15) is 0 Å². The first-order chi connectivity index (χ1) is 5.65. The lowest BCUT2D eigenvalue weighted by atomic mass is 10.3. The summed E-state index contributed by atoms with van der Waals surface area (Å²) in [5.74, 6) is 5.02. The van der Waals surface area contributed by atoms with E-state index >= 15 is 0 Å². The fourth-order valence-electron chi connectivity index (χ4n) is 0.759. The molecular weight excluding hydrogens is 224 g/mol. The Labute approximate surface area is 78.0 Å². The summed E-state index contributed by atoms with van der Waals surface area (Å²) in [4.78, 5) is 11.0. The van der Waals surface area contributed by atoms with Crippen molar-refractivity contribution in [3.05, 3.63) is 28.5 Å². The number of carbonyl (C=O) groups excluding carboxylic acids is 1. The molecule has 64 valence electrons. The third kappa shape index (κ3) is 1.73. The highest BCUT2D eigenvalue weighted by Crippen LogP contribution is 2.13. The minimum atomic E-state index is -0.387. The monoisotopic (exact) mass is 231 g/mol. The van der Waals surface area contributed by atoms with Crippen molar-refractivity contribution in [3.63, 3.8) is 0 Å². The molecule has 12 heavy (non-hydrogen) atoms. The summed E-state index contributed by atoms with van der Waals surface area (Å²) in [6, 6.07) is 1.58. The van der Waals surface area contributed by atoms with E-state index in [2.05, 4.69) is 20.7 Å². The summed E-state index contributed by atoms with van der Waals surface area (Å²) < 4.78 is 6.49. The van der Waals surface area contributed by atoms with Gasteiger partial charge >= 0.3 is 5.97 Å². The number of nitrogen functional groups attached to an aromatic ring is 1. The fraction of sp³-hybridized carbons (Fsp3) is 0.143. The van der Waals surface area contributed by atoms with Gasteiger partial charge in [0.25, 0.3) is 0 Å². The largest absolute Gasteiger partial charge is 0.465 e. The highest BCUT2D eigenvalue weighted by Gasteiger charge is 2.12. The minimum Gasteiger partial charge on any atom is -0.465 e. The molecule has 0 saturated carbocycles. The SMILES string of the molecule is COC(=O)c1cc[n+](N)cc1Br. The number of rotatable bonds is 1. The summed E-state index contributed by atoms with van der Waals surface area (Å²) in [5, 5.41) is 0. The van der Waals surface area contributed by atoms with Gasteiger partial charge in [-0.15, -0.1) is 0 Å². The van der Waals surface area contributed by atoms with Gasteiger partial charge in [0.15, 0.2) is 6.20 Å². The van der Waals surface area contributed by atoms with Crippen molar-refractivity contribution in [2.24, 2.45) is 0 Å². The van der Waals surface area contributed by atoms with Crippen LogP contribution in [0, 0.1) is 0 Å². The normalized spacial score (nSPS) is 9.50. The molecule has 0 amide bonds. The third-order valence-corrected chi connectivity index (χ3v) is 1.97. The molecule has 5 heteroatoms. The van der Waals surface area contributed by atoms with Crippen molar-refractivity contribution in [3.8, 4) is 0 Å². The standard InChI is InChI=1S/C7H7BrN2O2/c1-12-7(11)5-2-3-10(9)4-6(5)8/h2-4H,1H3,(H-,9,11)/p+1. The van der Waals surface area contributed by atoms with E-state index < -0.39 is 0 Å². The van der Waals surface area contributed by atoms with E-state index in [1.165, 1.54) is 11.8 Å². The number of pyridine rings is 1. The number of esters is 1. The molecule has 0 unspecified atom stereocenters. The summed E-state index contributed by atoms with van der Waals surface area (Å²) in [6.07, 6.45) is 3.14. The number of nitrogens with zero attached hydrogens (tertiary/aromatic N) is 1. The molecule has 1 aromatic heterocycles. The number of nitrogens with two attached hydrogens (primary N) is 1. The van der Waals surface area contributed by atoms with Crippen molar-refractivity contribution in [2.75, 3.05) is 13.0 Å². The molecule has 0 aliphatic carbocycles. The maximum Gasteiger partial charge on any atom is 0.339 e. The van der Waals surface area contributed by atoms with Crippen molar-refractivity contribution >= 4 is 21.9 Å². The van der Waals surface area contributed by atoms with Crippen molar-refractivity contribution in [2.45, 2.75) is 0 Å². The van der Waals surface area contributed by atoms with Crippen LogP contribution in [-0.2, 0) is 4.74 Å². The van der Waals surface area contributed by atoms with Crippen LogP contribution in [0.1, 0.15) is 10.4 Å². The topological polar surface area (TPSA) is 56.2 Å². The molecular formula is C7H8BrN2O2+. The van der Waals surface area contributed by atoms with Gasteiger partial charge in [-0.25, -0.2) is 10.6 Å². The number of methoxy groups -OCH3 is 1. The maximum atomic E-state index is 11.0. The zero-order valence-electron chi connectivity index (χ0n) is 6.45. The van der Waals surface area contributed by atoms with E-state index in [9.17, 15) is 4.79 Å². The minimum absolute atomic E-state index is 0.387. The number of hydrogen-bond acceptors (Lipinski definition) is 3. The average Bonchev–Trinajstić information content (AvgIpc) is 2.03. The van der Waals surface area contributed by atoms with E-state index in [0.717, 1.165) is 0 Å². The molecule has 0 atom stereocenters. The van der Waals surface area contributed by atoms with Gasteiger partial charge in [-0.1, -0.05) is 4.68 Å². The Morgan fingerprint density at radius 3 is 2.92 bits per heavy atom. The molecule has 0 bridgehead atoms. The molecule has 0 aliphatic rings. The van der Waals surface area contributed by atoms with Crippen LogP contribution >= 0.6 is 15.9 Å². The van der Waals surface area contributed by atoms with Gasteiger partial charge in [0.05, 0.1) is 17.1 Å². The Hall–Kier alpha value is -1.10. The van der Waals surface area contributed by atoms with Crippen LogP contribution in [0.2, 0.25) is 0 Å². The van der Waals surface area contributed by atoms with Crippen molar-refractivity contribution < 1.29 is 14.2 Å². The van der Waals surface area contributed by atoms with Crippen LogP contribution in [0.5, 0.6) is 0 Å². The first-order valence-electron chi connectivity index (χ1n) is 3.19. The lowest BCUT2D eigenvalue weighted by Crippen LogP contribution is -2.43. The zero-order valence-corrected chi connectivity index (χ0v) is 8.04. The predicted octanol–water partition coefficient (Wildman–Crippen LogP) is 0.237. The number of carbonyl (C=O) groups is 1. The molecule has 1 rings (SSSR count). The molecule has 0 fully saturated rings. The summed E-state index contributed by atoms with van der Waals surface area (Å²) in [5.41, 5.74) is 0.458. The van der Waals surface area contributed by atoms with Gasteiger partial charge in [0.1, 0.15) is 0 Å². The summed E-state index contributed by atoms with van der Waals surface area (Å²) in [7, 11) is 1.33. The first kappa shape index (κ1) is 8.99. The second kappa shape index (κ2) is 3.53. The lowest BCUT2D eigenvalue weighted by Gasteiger charge is -1.98. The second-order valence-electron chi connectivity index (χ2n) is 2.15. The van der Waals surface area contributed by atoms with E-state index in [4.69, 9.17) is 5.84 Å². The van der Waals surface area contributed by atoms with Gasteiger partial charge in [0, 0.05) is 6.07 Å². The Kier molecular flexibility index (Phi) is 2.65. The van der Waals surface area contributed by atoms with Crippen LogP contribution in [-0.4, -0.2) is 13.1 Å². The van der Waals surface area contributed by atoms with E-state index in [-0.39, 0.29) is 5.97 Å². The average molecular weight is 232 g/mol. The van der Waals surface area contributed by atoms with Gasteiger partial charge < -0.3 is 4.74 Å². The van der Waals surface area contributed by atoms with E-state index in [1.807, 2.05) is 0 Å². The van der Waals surface area contributed by atoms with E-state index in [1.54, 1.807) is 18.5 Å². The van der Waals surface area contributed by atoms with E-state index in [0.29, 0.717) is 10.0 Å².